The first kappa shape index (κ1) is 12.4. The number of carbonyl (C=O) groups is 1. The predicted molar refractivity (Wildman–Crippen MR) is 63.2 cm³/mol. The molecule has 2 rings (SSSR count). The molecule has 0 unspecified atom stereocenters. The minimum Gasteiger partial charge on any atom is -0.390 e. The van der Waals surface area contributed by atoms with Crippen LogP contribution >= 0.6 is 0 Å². The van der Waals surface area contributed by atoms with Crippen molar-refractivity contribution < 1.29 is 15.0 Å². The fourth-order valence-electron chi connectivity index (χ4n) is 1.66. The van der Waals surface area contributed by atoms with Crippen molar-refractivity contribution in [3.63, 3.8) is 0 Å². The van der Waals surface area contributed by atoms with Gasteiger partial charge in [0.25, 0.3) is 0 Å². The van der Waals surface area contributed by atoms with E-state index in [1.54, 1.807) is 24.3 Å². The Hall–Kier alpha value is -2.05. The maximum atomic E-state index is 11.2. The van der Waals surface area contributed by atoms with E-state index in [4.69, 9.17) is 5.11 Å². The van der Waals surface area contributed by atoms with Gasteiger partial charge in [0.1, 0.15) is 5.69 Å². The maximum absolute atomic E-state index is 11.2. The summed E-state index contributed by atoms with van der Waals surface area (Å²) < 4.78 is 1.44. The Morgan fingerprint density at radius 1 is 1.22 bits per heavy atom. The summed E-state index contributed by atoms with van der Waals surface area (Å²) in [6, 6.07) is 6.79. The van der Waals surface area contributed by atoms with Gasteiger partial charge in [-0.2, -0.15) is 0 Å². The molecule has 0 atom stereocenters. The second kappa shape index (κ2) is 5.07. The second-order valence-electron chi connectivity index (χ2n) is 3.81. The summed E-state index contributed by atoms with van der Waals surface area (Å²) >= 11 is 0. The standard InChI is InChI=1S/C12H13N3O3/c1-8(18)9-2-4-10(5-3-9)15-12(7-17)11(6-16)13-14-15/h2-5,16-17H,6-7H2,1H3. The summed E-state index contributed by atoms with van der Waals surface area (Å²) in [7, 11) is 0. The molecule has 1 heterocycles. The molecule has 0 fully saturated rings. The van der Waals surface area contributed by atoms with Gasteiger partial charge in [-0.1, -0.05) is 5.21 Å². The Morgan fingerprint density at radius 2 is 1.89 bits per heavy atom. The summed E-state index contributed by atoms with van der Waals surface area (Å²) in [5, 5.41) is 26.0. The highest BCUT2D eigenvalue weighted by Gasteiger charge is 2.12. The van der Waals surface area contributed by atoms with Crippen LogP contribution in [0.15, 0.2) is 24.3 Å². The minimum atomic E-state index is -0.276. The first-order chi connectivity index (χ1) is 8.67. The molecule has 0 saturated carbocycles. The Labute approximate surface area is 103 Å². The highest BCUT2D eigenvalue weighted by molar-refractivity contribution is 5.94. The van der Waals surface area contributed by atoms with Crippen LogP contribution in [0.1, 0.15) is 28.7 Å². The fraction of sp³-hybridized carbons (Fsp3) is 0.250. The van der Waals surface area contributed by atoms with Crippen LogP contribution in [-0.4, -0.2) is 31.0 Å². The smallest absolute Gasteiger partial charge is 0.159 e. The highest BCUT2D eigenvalue weighted by atomic mass is 16.3. The number of aliphatic hydroxyl groups excluding tert-OH is 2. The van der Waals surface area contributed by atoms with Gasteiger partial charge in [-0.05, 0) is 31.2 Å². The van der Waals surface area contributed by atoms with E-state index >= 15 is 0 Å². The lowest BCUT2D eigenvalue weighted by atomic mass is 10.1. The normalized spacial score (nSPS) is 10.6. The molecule has 2 N–H and O–H groups in total. The van der Waals surface area contributed by atoms with Crippen molar-refractivity contribution in [1.29, 1.82) is 0 Å². The molecule has 1 aromatic carbocycles. The Balaban J connectivity index is 2.42. The molecule has 1 aromatic heterocycles. The number of aromatic nitrogens is 3. The van der Waals surface area contributed by atoms with E-state index < -0.39 is 0 Å². The lowest BCUT2D eigenvalue weighted by molar-refractivity contribution is 0.101. The van der Waals surface area contributed by atoms with Gasteiger partial charge < -0.3 is 10.2 Å². The Bertz CT molecular complexity index is 560. The van der Waals surface area contributed by atoms with Crippen molar-refractivity contribution in [1.82, 2.24) is 15.0 Å². The van der Waals surface area contributed by atoms with Gasteiger partial charge in [-0.15, -0.1) is 5.10 Å². The van der Waals surface area contributed by atoms with Crippen LogP contribution in [0.4, 0.5) is 0 Å². The third-order valence-electron chi connectivity index (χ3n) is 2.66. The molecule has 0 saturated heterocycles. The number of hydrogen-bond donors (Lipinski definition) is 2. The SMILES string of the molecule is CC(=O)c1ccc(-n2nnc(CO)c2CO)cc1. The molecule has 0 aliphatic rings. The summed E-state index contributed by atoms with van der Waals surface area (Å²) in [4.78, 5) is 11.2. The quantitative estimate of drug-likeness (QED) is 0.766. The average Bonchev–Trinajstić information content (AvgIpc) is 2.81. The minimum absolute atomic E-state index is 0.0152. The highest BCUT2D eigenvalue weighted by Crippen LogP contribution is 2.14. The van der Waals surface area contributed by atoms with Crippen molar-refractivity contribution in [3.8, 4) is 5.69 Å². The largest absolute Gasteiger partial charge is 0.390 e. The molecule has 94 valence electrons. The molecule has 0 radical (unpaired) electrons. The summed E-state index contributed by atoms with van der Waals surface area (Å²) in [5.41, 5.74) is 2.06. The molecule has 0 aliphatic carbocycles. The summed E-state index contributed by atoms with van der Waals surface area (Å²) in [5.74, 6) is -0.0152. The molecule has 6 heteroatoms. The van der Waals surface area contributed by atoms with E-state index in [-0.39, 0.29) is 19.0 Å². The molecular weight excluding hydrogens is 234 g/mol. The van der Waals surface area contributed by atoms with Crippen LogP contribution in [-0.2, 0) is 13.2 Å². The van der Waals surface area contributed by atoms with Crippen LogP contribution in [0.5, 0.6) is 0 Å². The van der Waals surface area contributed by atoms with Gasteiger partial charge in [-0.25, -0.2) is 4.68 Å². The number of Topliss-reactive ketones (excluding diaryl/α,β-unsaturated/α-hetero) is 1. The van der Waals surface area contributed by atoms with E-state index in [0.29, 0.717) is 22.6 Å². The van der Waals surface area contributed by atoms with Crippen LogP contribution in [0.2, 0.25) is 0 Å². The molecule has 0 amide bonds. The van der Waals surface area contributed by atoms with Crippen molar-refractivity contribution in [2.45, 2.75) is 20.1 Å². The fourth-order valence-corrected chi connectivity index (χ4v) is 1.66. The third kappa shape index (κ3) is 2.15. The van der Waals surface area contributed by atoms with E-state index in [1.165, 1.54) is 11.6 Å². The zero-order chi connectivity index (χ0) is 13.1. The van der Waals surface area contributed by atoms with E-state index in [9.17, 15) is 9.90 Å². The molecule has 0 spiro atoms. The molecule has 0 bridgehead atoms. The van der Waals surface area contributed by atoms with Crippen molar-refractivity contribution in [2.75, 3.05) is 0 Å². The summed E-state index contributed by atoms with van der Waals surface area (Å²) in [6.07, 6.45) is 0. The molecule has 6 nitrogen and oxygen atoms in total. The number of ketones is 1. The Morgan fingerprint density at radius 3 is 2.39 bits per heavy atom. The topological polar surface area (TPSA) is 88.2 Å². The van der Waals surface area contributed by atoms with Crippen LogP contribution < -0.4 is 0 Å². The van der Waals surface area contributed by atoms with Crippen LogP contribution in [0.3, 0.4) is 0 Å². The van der Waals surface area contributed by atoms with Gasteiger partial charge in [-0.3, -0.25) is 4.79 Å². The van der Waals surface area contributed by atoms with Crippen LogP contribution in [0.25, 0.3) is 5.69 Å². The summed E-state index contributed by atoms with van der Waals surface area (Å²) in [6.45, 7) is 0.951. The van der Waals surface area contributed by atoms with Crippen molar-refractivity contribution in [2.24, 2.45) is 0 Å². The molecule has 0 aliphatic heterocycles. The molecular formula is C12H13N3O3. The zero-order valence-electron chi connectivity index (χ0n) is 9.87. The monoisotopic (exact) mass is 247 g/mol. The van der Waals surface area contributed by atoms with E-state index in [0.717, 1.165) is 0 Å². The lowest BCUT2D eigenvalue weighted by Gasteiger charge is -2.05. The van der Waals surface area contributed by atoms with Gasteiger partial charge in [0, 0.05) is 5.56 Å². The van der Waals surface area contributed by atoms with Gasteiger partial charge in [0.15, 0.2) is 5.78 Å². The van der Waals surface area contributed by atoms with Crippen molar-refractivity contribution >= 4 is 5.78 Å². The van der Waals surface area contributed by atoms with Crippen LogP contribution in [0, 0.1) is 0 Å². The third-order valence-corrected chi connectivity index (χ3v) is 2.66. The molecule has 2 aromatic rings. The first-order valence-electron chi connectivity index (χ1n) is 5.44. The zero-order valence-corrected chi connectivity index (χ0v) is 9.87. The number of carbonyl (C=O) groups excluding carboxylic acids is 1. The number of benzene rings is 1. The number of nitrogens with zero attached hydrogens (tertiary/aromatic N) is 3. The van der Waals surface area contributed by atoms with E-state index in [1.807, 2.05) is 0 Å². The number of hydrogen-bond acceptors (Lipinski definition) is 5. The Kier molecular flexibility index (Phi) is 3.50. The predicted octanol–water partition coefficient (Wildman–Crippen LogP) is 0.455. The number of rotatable bonds is 4. The van der Waals surface area contributed by atoms with Gasteiger partial charge >= 0.3 is 0 Å². The van der Waals surface area contributed by atoms with Crippen molar-refractivity contribution in [3.05, 3.63) is 41.2 Å². The average molecular weight is 247 g/mol. The molecule has 18 heavy (non-hydrogen) atoms. The maximum Gasteiger partial charge on any atom is 0.159 e. The lowest BCUT2D eigenvalue weighted by Crippen LogP contribution is -2.04. The van der Waals surface area contributed by atoms with Gasteiger partial charge in [0.2, 0.25) is 0 Å². The second-order valence-corrected chi connectivity index (χ2v) is 3.81. The number of aliphatic hydroxyl groups is 2. The van der Waals surface area contributed by atoms with Gasteiger partial charge in [0.05, 0.1) is 24.6 Å². The first-order valence-corrected chi connectivity index (χ1v) is 5.44. The van der Waals surface area contributed by atoms with E-state index in [2.05, 4.69) is 10.3 Å².